The lowest BCUT2D eigenvalue weighted by Crippen LogP contribution is -1.96. The summed E-state index contributed by atoms with van der Waals surface area (Å²) in [5, 5.41) is 0. The molecule has 3 rings (SSSR count). The highest BCUT2D eigenvalue weighted by Gasteiger charge is 2.05. The topological polar surface area (TPSA) is 13.6 Å². The van der Waals surface area contributed by atoms with E-state index in [4.69, 9.17) is 4.74 Å². The zero-order valence-electron chi connectivity index (χ0n) is 11.0. The zero-order chi connectivity index (χ0) is 13.1. The number of pyridine rings is 1. The van der Waals surface area contributed by atoms with E-state index in [2.05, 4.69) is 35.7 Å². The second-order valence-corrected chi connectivity index (χ2v) is 4.54. The number of fused-ring (bicyclic) bond motifs is 1. The van der Waals surface area contributed by atoms with Crippen LogP contribution in [-0.2, 0) is 13.0 Å². The molecule has 95 valence electrons. The van der Waals surface area contributed by atoms with Crippen molar-refractivity contribution in [3.05, 3.63) is 72.1 Å². The van der Waals surface area contributed by atoms with Gasteiger partial charge in [0.15, 0.2) is 0 Å². The van der Waals surface area contributed by atoms with Crippen LogP contribution in [0.15, 0.2) is 54.9 Å². The molecule has 0 saturated carbocycles. The molecule has 2 heteroatoms. The van der Waals surface area contributed by atoms with Crippen molar-refractivity contribution in [2.45, 2.75) is 20.0 Å². The van der Waals surface area contributed by atoms with Crippen LogP contribution in [0.2, 0.25) is 0 Å². The molecule has 0 unspecified atom stereocenters. The van der Waals surface area contributed by atoms with Gasteiger partial charge < -0.3 is 9.14 Å². The number of ether oxygens (including phenoxy) is 1. The molecule has 0 aliphatic rings. The minimum atomic E-state index is 0.584. The Kier molecular flexibility index (Phi) is 3.23. The lowest BCUT2D eigenvalue weighted by molar-refractivity contribution is 0.309. The van der Waals surface area contributed by atoms with E-state index in [0.29, 0.717) is 6.61 Å². The van der Waals surface area contributed by atoms with Gasteiger partial charge in [0.25, 0.3) is 0 Å². The van der Waals surface area contributed by atoms with E-state index in [9.17, 15) is 0 Å². The van der Waals surface area contributed by atoms with Crippen molar-refractivity contribution < 1.29 is 4.74 Å². The molecule has 1 radical (unpaired) electrons. The summed E-state index contributed by atoms with van der Waals surface area (Å²) >= 11 is 0. The summed E-state index contributed by atoms with van der Waals surface area (Å²) in [6.45, 7) is 2.72. The van der Waals surface area contributed by atoms with Gasteiger partial charge in [-0.1, -0.05) is 37.3 Å². The first-order valence-corrected chi connectivity index (χ1v) is 6.55. The molecule has 0 N–H and O–H groups in total. The van der Waals surface area contributed by atoms with E-state index < -0.39 is 0 Å². The quantitative estimate of drug-likeness (QED) is 0.685. The average molecular weight is 250 g/mol. The summed E-state index contributed by atoms with van der Waals surface area (Å²) in [7, 11) is 0. The van der Waals surface area contributed by atoms with Crippen molar-refractivity contribution in [1.82, 2.24) is 4.40 Å². The lowest BCUT2D eigenvalue weighted by Gasteiger charge is -2.07. The number of aryl methyl sites for hydroxylation is 1. The predicted octanol–water partition coefficient (Wildman–Crippen LogP) is 3.88. The molecule has 2 nitrogen and oxygen atoms in total. The molecule has 0 amide bonds. The van der Waals surface area contributed by atoms with Gasteiger partial charge in [-0.3, -0.25) is 0 Å². The van der Waals surface area contributed by atoms with E-state index in [1.807, 2.05) is 36.5 Å². The number of aromatic nitrogens is 1. The maximum absolute atomic E-state index is 5.91. The molecule has 3 aromatic rings. The van der Waals surface area contributed by atoms with Crippen LogP contribution in [0.4, 0.5) is 0 Å². The fraction of sp³-hybridized carbons (Fsp3) is 0.176. The van der Waals surface area contributed by atoms with Gasteiger partial charge in [0.05, 0.1) is 5.52 Å². The van der Waals surface area contributed by atoms with Gasteiger partial charge in [0.1, 0.15) is 12.4 Å². The Balaban J connectivity index is 1.86. The Morgan fingerprint density at radius 2 is 1.95 bits per heavy atom. The minimum Gasteiger partial charge on any atom is -0.487 e. The van der Waals surface area contributed by atoms with E-state index in [1.54, 1.807) is 0 Å². The summed E-state index contributed by atoms with van der Waals surface area (Å²) in [5.41, 5.74) is 3.39. The van der Waals surface area contributed by atoms with Crippen LogP contribution >= 0.6 is 0 Å². The van der Waals surface area contributed by atoms with Gasteiger partial charge in [-0.15, -0.1) is 0 Å². The predicted molar refractivity (Wildman–Crippen MR) is 76.4 cm³/mol. The highest BCUT2D eigenvalue weighted by molar-refractivity contribution is 5.61. The maximum atomic E-state index is 5.91. The van der Waals surface area contributed by atoms with Crippen molar-refractivity contribution in [1.29, 1.82) is 0 Å². The molecule has 2 heterocycles. The first-order chi connectivity index (χ1) is 9.36. The van der Waals surface area contributed by atoms with Crippen LogP contribution < -0.4 is 4.74 Å². The number of hydrogen-bond acceptors (Lipinski definition) is 1. The smallest absolute Gasteiger partial charge is 0.144 e. The second kappa shape index (κ2) is 5.19. The summed E-state index contributed by atoms with van der Waals surface area (Å²) < 4.78 is 7.98. The number of rotatable bonds is 4. The van der Waals surface area contributed by atoms with Crippen molar-refractivity contribution in [3.63, 3.8) is 0 Å². The first kappa shape index (κ1) is 11.8. The molecular weight excluding hydrogens is 234 g/mol. The highest BCUT2D eigenvalue weighted by atomic mass is 16.5. The fourth-order valence-corrected chi connectivity index (χ4v) is 2.12. The summed E-state index contributed by atoms with van der Waals surface area (Å²) in [5.74, 6) is 0.881. The third kappa shape index (κ3) is 2.48. The van der Waals surface area contributed by atoms with Gasteiger partial charge in [-0.05, 0) is 29.7 Å². The average Bonchev–Trinajstić information content (AvgIpc) is 2.90. The Labute approximate surface area is 113 Å². The summed E-state index contributed by atoms with van der Waals surface area (Å²) in [6, 6.07) is 17.6. The Morgan fingerprint density at radius 3 is 2.74 bits per heavy atom. The van der Waals surface area contributed by atoms with Gasteiger partial charge >= 0.3 is 0 Å². The normalized spacial score (nSPS) is 10.8. The molecule has 0 bridgehead atoms. The molecular formula is C17H16NO. The Bertz CT molecular complexity index is 670. The van der Waals surface area contributed by atoms with Crippen LogP contribution in [0.1, 0.15) is 18.1 Å². The molecule has 1 aromatic carbocycles. The van der Waals surface area contributed by atoms with Crippen molar-refractivity contribution in [2.24, 2.45) is 0 Å². The minimum absolute atomic E-state index is 0.584. The Hall–Kier alpha value is -2.22. The van der Waals surface area contributed by atoms with E-state index in [1.165, 1.54) is 11.1 Å². The van der Waals surface area contributed by atoms with Crippen LogP contribution in [-0.4, -0.2) is 4.40 Å². The molecule has 0 aliphatic carbocycles. The van der Waals surface area contributed by atoms with Crippen molar-refractivity contribution in [3.8, 4) is 5.75 Å². The second-order valence-electron chi connectivity index (χ2n) is 4.54. The van der Waals surface area contributed by atoms with Crippen molar-refractivity contribution in [2.75, 3.05) is 0 Å². The monoisotopic (exact) mass is 250 g/mol. The lowest BCUT2D eigenvalue weighted by atomic mass is 10.2. The van der Waals surface area contributed by atoms with Crippen molar-refractivity contribution >= 4 is 5.52 Å². The molecule has 0 saturated heterocycles. The van der Waals surface area contributed by atoms with Crippen LogP contribution in [0.3, 0.4) is 0 Å². The standard InChI is InChI=1S/C17H16NO/c1-2-14-11-16-17(9-6-10-18(16)12-14)19-13-15-7-4-3-5-8-15/h3-10,12H,2,13H2,1H3. The zero-order valence-corrected chi connectivity index (χ0v) is 11.0. The van der Waals surface area contributed by atoms with Crippen LogP contribution in [0.5, 0.6) is 5.75 Å². The molecule has 0 fully saturated rings. The van der Waals surface area contributed by atoms with Crippen LogP contribution in [0, 0.1) is 6.07 Å². The fourth-order valence-electron chi connectivity index (χ4n) is 2.12. The first-order valence-electron chi connectivity index (χ1n) is 6.55. The molecule has 19 heavy (non-hydrogen) atoms. The van der Waals surface area contributed by atoms with Gasteiger partial charge in [0.2, 0.25) is 0 Å². The molecule has 2 aromatic heterocycles. The van der Waals surface area contributed by atoms with Crippen LogP contribution in [0.25, 0.3) is 5.52 Å². The maximum Gasteiger partial charge on any atom is 0.144 e. The largest absolute Gasteiger partial charge is 0.487 e. The van der Waals surface area contributed by atoms with Gasteiger partial charge in [0, 0.05) is 18.5 Å². The third-order valence-electron chi connectivity index (χ3n) is 3.18. The number of benzene rings is 1. The molecule has 0 spiro atoms. The van der Waals surface area contributed by atoms with E-state index >= 15 is 0 Å². The van der Waals surface area contributed by atoms with E-state index in [-0.39, 0.29) is 0 Å². The molecule has 0 atom stereocenters. The highest BCUT2D eigenvalue weighted by Crippen LogP contribution is 2.22. The SMILES string of the molecule is CCc1[c]c2c(OCc3ccccc3)cccn2c1. The van der Waals surface area contributed by atoms with Gasteiger partial charge in [-0.2, -0.15) is 0 Å². The number of hydrogen-bond donors (Lipinski definition) is 0. The third-order valence-corrected chi connectivity index (χ3v) is 3.18. The summed E-state index contributed by atoms with van der Waals surface area (Å²) in [4.78, 5) is 0. The molecule has 0 aliphatic heterocycles. The number of nitrogens with zero attached hydrogens (tertiary/aromatic N) is 1. The Morgan fingerprint density at radius 1 is 1.11 bits per heavy atom. The summed E-state index contributed by atoms with van der Waals surface area (Å²) in [6.07, 6.45) is 5.12. The van der Waals surface area contributed by atoms with Gasteiger partial charge in [-0.25, -0.2) is 0 Å². The van der Waals surface area contributed by atoms with E-state index in [0.717, 1.165) is 17.7 Å².